The van der Waals surface area contributed by atoms with Crippen molar-refractivity contribution in [2.45, 2.75) is 39.0 Å². The Morgan fingerprint density at radius 1 is 1.41 bits per heavy atom. The summed E-state index contributed by atoms with van der Waals surface area (Å²) in [5.74, 6) is -0.0560. The van der Waals surface area contributed by atoms with Gasteiger partial charge in [0.1, 0.15) is 4.88 Å². The molecular formula is C11H18BrN3OS. The lowest BCUT2D eigenvalue weighted by Crippen LogP contribution is -2.27. The third-order valence-corrected chi connectivity index (χ3v) is 3.54. The second-order valence-corrected chi connectivity index (χ2v) is 6.40. The first-order valence-corrected chi connectivity index (χ1v) is 7.53. The van der Waals surface area contributed by atoms with Gasteiger partial charge in [0.15, 0.2) is 0 Å². The average Bonchev–Trinajstić information content (AvgIpc) is 2.72. The third kappa shape index (κ3) is 4.35. The van der Waals surface area contributed by atoms with Crippen LogP contribution < -0.4 is 5.32 Å². The van der Waals surface area contributed by atoms with Gasteiger partial charge in [0.2, 0.25) is 0 Å². The van der Waals surface area contributed by atoms with E-state index in [1.165, 1.54) is 11.5 Å². The number of halogens is 1. The van der Waals surface area contributed by atoms with E-state index < -0.39 is 0 Å². The van der Waals surface area contributed by atoms with Gasteiger partial charge in [0.25, 0.3) is 5.91 Å². The van der Waals surface area contributed by atoms with Gasteiger partial charge < -0.3 is 5.32 Å². The van der Waals surface area contributed by atoms with Crippen LogP contribution in [0.5, 0.6) is 0 Å². The summed E-state index contributed by atoms with van der Waals surface area (Å²) in [6.07, 6.45) is 2.04. The van der Waals surface area contributed by atoms with E-state index in [4.69, 9.17) is 0 Å². The summed E-state index contributed by atoms with van der Waals surface area (Å²) >= 11 is 4.53. The van der Waals surface area contributed by atoms with E-state index in [2.05, 4.69) is 30.8 Å². The van der Waals surface area contributed by atoms with Crippen LogP contribution in [0.25, 0.3) is 0 Å². The number of carbonyl (C=O) groups excluding carboxylic acids is 1. The van der Waals surface area contributed by atoms with Crippen molar-refractivity contribution in [1.29, 1.82) is 0 Å². The van der Waals surface area contributed by atoms with Gasteiger partial charge in [-0.25, -0.2) is 0 Å². The van der Waals surface area contributed by atoms with Crippen LogP contribution in [0.15, 0.2) is 0 Å². The number of nitrogens with zero attached hydrogens (tertiary/aromatic N) is 2. The van der Waals surface area contributed by atoms with Crippen molar-refractivity contribution in [2.24, 2.45) is 0 Å². The molecule has 0 atom stereocenters. The smallest absolute Gasteiger partial charge is 0.264 e. The van der Waals surface area contributed by atoms with E-state index in [9.17, 15) is 4.79 Å². The predicted molar refractivity (Wildman–Crippen MR) is 74.0 cm³/mol. The molecule has 0 aliphatic rings. The normalized spacial score (nSPS) is 11.5. The minimum Gasteiger partial charge on any atom is -0.351 e. The summed E-state index contributed by atoms with van der Waals surface area (Å²) in [6.45, 7) is 6.80. The Morgan fingerprint density at radius 2 is 2.12 bits per heavy atom. The number of alkyl halides is 1. The summed E-state index contributed by atoms with van der Waals surface area (Å²) in [5, 5.41) is 7.93. The summed E-state index contributed by atoms with van der Waals surface area (Å²) in [6, 6.07) is 0. The number of aromatic nitrogens is 2. The van der Waals surface area contributed by atoms with Crippen molar-refractivity contribution in [3.8, 4) is 0 Å². The molecule has 0 fully saturated rings. The quantitative estimate of drug-likeness (QED) is 0.670. The number of rotatable bonds is 5. The monoisotopic (exact) mass is 319 g/mol. The standard InChI is InChI=1S/C11H18BrN3OS/c1-11(2,3)9-8(17-15-14-9)10(16)13-7-5-4-6-12/h4-7H2,1-3H3,(H,13,16). The Kier molecular flexibility index (Phi) is 5.52. The SMILES string of the molecule is CC(C)(C)c1nnsc1C(=O)NCCCCBr. The average molecular weight is 320 g/mol. The van der Waals surface area contributed by atoms with Gasteiger partial charge in [0, 0.05) is 17.3 Å². The van der Waals surface area contributed by atoms with Crippen molar-refractivity contribution in [3.63, 3.8) is 0 Å². The molecule has 0 saturated carbocycles. The highest BCUT2D eigenvalue weighted by molar-refractivity contribution is 9.09. The molecule has 0 aliphatic carbocycles. The molecule has 0 aliphatic heterocycles. The Morgan fingerprint density at radius 3 is 2.71 bits per heavy atom. The van der Waals surface area contributed by atoms with Crippen LogP contribution in [0.3, 0.4) is 0 Å². The van der Waals surface area contributed by atoms with Gasteiger partial charge >= 0.3 is 0 Å². The summed E-state index contributed by atoms with van der Waals surface area (Å²) in [7, 11) is 0. The molecule has 1 N–H and O–H groups in total. The fourth-order valence-corrected chi connectivity index (χ4v) is 2.52. The summed E-state index contributed by atoms with van der Waals surface area (Å²) in [4.78, 5) is 12.6. The molecule has 0 spiro atoms. The lowest BCUT2D eigenvalue weighted by molar-refractivity contribution is 0.0955. The van der Waals surface area contributed by atoms with Gasteiger partial charge in [0.05, 0.1) is 5.69 Å². The molecule has 1 rings (SSSR count). The lowest BCUT2D eigenvalue weighted by atomic mass is 9.91. The van der Waals surface area contributed by atoms with Crippen LogP contribution >= 0.6 is 27.5 Å². The maximum absolute atomic E-state index is 11.9. The first-order valence-electron chi connectivity index (χ1n) is 5.64. The molecule has 1 amide bonds. The van der Waals surface area contributed by atoms with Crippen molar-refractivity contribution in [1.82, 2.24) is 14.9 Å². The van der Waals surface area contributed by atoms with Crippen molar-refractivity contribution in [3.05, 3.63) is 10.6 Å². The highest BCUT2D eigenvalue weighted by atomic mass is 79.9. The molecule has 1 aromatic heterocycles. The van der Waals surface area contributed by atoms with Crippen molar-refractivity contribution < 1.29 is 4.79 Å². The number of nitrogens with one attached hydrogen (secondary N) is 1. The zero-order chi connectivity index (χ0) is 12.9. The topological polar surface area (TPSA) is 54.9 Å². The largest absolute Gasteiger partial charge is 0.351 e. The number of unbranched alkanes of at least 4 members (excludes halogenated alkanes) is 1. The van der Waals surface area contributed by atoms with Gasteiger partial charge in [-0.1, -0.05) is 41.2 Å². The van der Waals surface area contributed by atoms with E-state index in [1.54, 1.807) is 0 Å². The van der Waals surface area contributed by atoms with Crippen molar-refractivity contribution >= 4 is 33.4 Å². The second kappa shape index (κ2) is 6.44. The maximum atomic E-state index is 11.9. The molecule has 17 heavy (non-hydrogen) atoms. The van der Waals surface area contributed by atoms with Gasteiger partial charge in [-0.2, -0.15) is 0 Å². The molecule has 0 aromatic carbocycles. The number of carbonyl (C=O) groups is 1. The fourth-order valence-electron chi connectivity index (χ4n) is 1.33. The lowest BCUT2D eigenvalue weighted by Gasteiger charge is -2.16. The van der Waals surface area contributed by atoms with Crippen LogP contribution in [0, 0.1) is 0 Å². The molecule has 0 unspecified atom stereocenters. The van der Waals surface area contributed by atoms with E-state index in [0.29, 0.717) is 11.4 Å². The molecule has 0 bridgehead atoms. The minimum absolute atomic E-state index is 0.0560. The van der Waals surface area contributed by atoms with Gasteiger partial charge in [-0.05, 0) is 24.4 Å². The number of hydrogen-bond donors (Lipinski definition) is 1. The summed E-state index contributed by atoms with van der Waals surface area (Å²) < 4.78 is 3.88. The number of amides is 1. The highest BCUT2D eigenvalue weighted by Crippen LogP contribution is 2.25. The minimum atomic E-state index is -0.143. The zero-order valence-corrected chi connectivity index (χ0v) is 12.8. The maximum Gasteiger partial charge on any atom is 0.264 e. The Balaban J connectivity index is 2.61. The molecule has 1 aromatic rings. The Hall–Kier alpha value is -0.490. The van der Waals surface area contributed by atoms with Crippen LogP contribution in [-0.2, 0) is 5.41 Å². The van der Waals surface area contributed by atoms with Crippen molar-refractivity contribution in [2.75, 3.05) is 11.9 Å². The van der Waals surface area contributed by atoms with Gasteiger partial charge in [-0.3, -0.25) is 4.79 Å². The third-order valence-electron chi connectivity index (χ3n) is 2.25. The highest BCUT2D eigenvalue weighted by Gasteiger charge is 2.25. The van der Waals surface area contributed by atoms with E-state index in [0.717, 1.165) is 23.9 Å². The van der Waals surface area contributed by atoms with Crippen LogP contribution in [0.4, 0.5) is 0 Å². The Labute approximate surface area is 114 Å². The molecule has 4 nitrogen and oxygen atoms in total. The number of hydrogen-bond acceptors (Lipinski definition) is 4. The first-order chi connectivity index (χ1) is 7.96. The molecular weight excluding hydrogens is 302 g/mol. The second-order valence-electron chi connectivity index (χ2n) is 4.85. The van der Waals surface area contributed by atoms with Crippen LogP contribution in [-0.4, -0.2) is 27.4 Å². The van der Waals surface area contributed by atoms with Gasteiger partial charge in [-0.15, -0.1) is 5.10 Å². The fraction of sp³-hybridized carbons (Fsp3) is 0.727. The van der Waals surface area contributed by atoms with Crippen LogP contribution in [0.2, 0.25) is 0 Å². The Bertz CT molecular complexity index is 373. The summed E-state index contributed by atoms with van der Waals surface area (Å²) in [5.41, 5.74) is 0.635. The van der Waals surface area contributed by atoms with E-state index in [-0.39, 0.29) is 11.3 Å². The molecule has 6 heteroatoms. The molecule has 0 saturated heterocycles. The zero-order valence-electron chi connectivity index (χ0n) is 10.4. The first kappa shape index (κ1) is 14.6. The predicted octanol–water partition coefficient (Wildman–Crippen LogP) is 2.74. The van der Waals surface area contributed by atoms with E-state index in [1.807, 2.05) is 20.8 Å². The van der Waals surface area contributed by atoms with E-state index >= 15 is 0 Å². The molecule has 96 valence electrons. The van der Waals surface area contributed by atoms with Crippen LogP contribution in [0.1, 0.15) is 49.0 Å². The molecule has 0 radical (unpaired) electrons. The molecule has 1 heterocycles.